The number of hydrogen-bond donors (Lipinski definition) is 2. The lowest BCUT2D eigenvalue weighted by Gasteiger charge is -2.31. The minimum Gasteiger partial charge on any atom is -0.341 e. The van der Waals surface area contributed by atoms with Crippen LogP contribution in [0.1, 0.15) is 48.9 Å². The van der Waals surface area contributed by atoms with E-state index in [0.29, 0.717) is 50.4 Å². The highest BCUT2D eigenvalue weighted by Gasteiger charge is 2.33. The van der Waals surface area contributed by atoms with Crippen molar-refractivity contribution in [3.63, 3.8) is 0 Å². The number of carbonyl (C=O) groups is 3. The van der Waals surface area contributed by atoms with Gasteiger partial charge in [0.15, 0.2) is 0 Å². The molecule has 3 aliphatic heterocycles. The average Bonchev–Trinajstić information content (AvgIpc) is 3.14. The molecule has 10 nitrogen and oxygen atoms in total. The molecule has 0 aliphatic carbocycles. The van der Waals surface area contributed by atoms with E-state index in [1.54, 1.807) is 33.5 Å². The lowest BCUT2D eigenvalue weighted by molar-refractivity contribution is -0.131. The highest BCUT2D eigenvalue weighted by molar-refractivity contribution is 7.86. The van der Waals surface area contributed by atoms with Crippen molar-refractivity contribution in [2.75, 3.05) is 44.6 Å². The van der Waals surface area contributed by atoms with E-state index in [-0.39, 0.29) is 37.1 Å². The van der Waals surface area contributed by atoms with E-state index in [1.165, 1.54) is 4.31 Å². The largest absolute Gasteiger partial charge is 0.341 e. The molecule has 2 saturated heterocycles. The average molecular weight is 478 g/mol. The predicted molar refractivity (Wildman–Crippen MR) is 123 cm³/mol. The lowest BCUT2D eigenvalue weighted by Crippen LogP contribution is -2.47. The number of para-hydroxylation sites is 1. The molecule has 4 rings (SSSR count). The van der Waals surface area contributed by atoms with Gasteiger partial charge in [-0.1, -0.05) is 18.6 Å². The van der Waals surface area contributed by atoms with Gasteiger partial charge in [0.1, 0.15) is 6.04 Å². The van der Waals surface area contributed by atoms with Gasteiger partial charge in [0, 0.05) is 45.7 Å². The molecule has 3 amide bonds. The number of hydrogen-bond acceptors (Lipinski definition) is 5. The highest BCUT2D eigenvalue weighted by Crippen LogP contribution is 2.21. The van der Waals surface area contributed by atoms with E-state index < -0.39 is 16.3 Å². The smallest absolute Gasteiger partial charge is 0.282 e. The zero-order chi connectivity index (χ0) is 23.4. The first-order valence-electron chi connectivity index (χ1n) is 11.6. The standard InChI is InChI=1S/C22H31N5O5S/c28-20(10-9-19-22(30)23-18-8-3-2-7-17(18)21(29)24-19)25-11-6-14-27(16-15-25)33(31,32)26-12-4-1-5-13-26/h2-3,7-8,19H,1,4-6,9-16H2,(H,23,30)(H,24,29). The summed E-state index contributed by atoms with van der Waals surface area (Å²) in [5, 5.41) is 5.45. The first kappa shape index (κ1) is 23.7. The van der Waals surface area contributed by atoms with E-state index >= 15 is 0 Å². The van der Waals surface area contributed by atoms with Crippen LogP contribution in [0, 0.1) is 0 Å². The van der Waals surface area contributed by atoms with Gasteiger partial charge in [0.2, 0.25) is 11.8 Å². The van der Waals surface area contributed by atoms with Crippen LogP contribution in [0.3, 0.4) is 0 Å². The maximum absolute atomic E-state index is 13.0. The molecule has 0 saturated carbocycles. The Balaban J connectivity index is 1.31. The predicted octanol–water partition coefficient (Wildman–Crippen LogP) is 0.782. The Morgan fingerprint density at radius 2 is 1.61 bits per heavy atom. The summed E-state index contributed by atoms with van der Waals surface area (Å²) >= 11 is 0. The van der Waals surface area contributed by atoms with E-state index in [1.807, 2.05) is 0 Å². The van der Waals surface area contributed by atoms with Crippen LogP contribution in [-0.4, -0.2) is 85.0 Å². The van der Waals surface area contributed by atoms with Crippen LogP contribution in [0.5, 0.6) is 0 Å². The second-order valence-corrected chi connectivity index (χ2v) is 10.6. The number of fused-ring (bicyclic) bond motifs is 1. The van der Waals surface area contributed by atoms with Crippen LogP contribution in [0.15, 0.2) is 24.3 Å². The van der Waals surface area contributed by atoms with E-state index in [9.17, 15) is 22.8 Å². The molecule has 1 aromatic carbocycles. The van der Waals surface area contributed by atoms with Gasteiger partial charge >= 0.3 is 0 Å². The molecule has 11 heteroatoms. The molecule has 0 spiro atoms. The Morgan fingerprint density at radius 1 is 0.909 bits per heavy atom. The zero-order valence-electron chi connectivity index (χ0n) is 18.7. The third-order valence-corrected chi connectivity index (χ3v) is 8.51. The fourth-order valence-electron chi connectivity index (χ4n) is 4.57. The van der Waals surface area contributed by atoms with Crippen molar-refractivity contribution in [2.45, 2.75) is 44.6 Å². The molecule has 1 atom stereocenters. The van der Waals surface area contributed by atoms with Crippen molar-refractivity contribution in [1.82, 2.24) is 18.8 Å². The molecule has 3 aliphatic rings. The molecule has 0 radical (unpaired) electrons. The number of benzene rings is 1. The second kappa shape index (κ2) is 10.2. The monoisotopic (exact) mass is 477 g/mol. The van der Waals surface area contributed by atoms with Crippen LogP contribution >= 0.6 is 0 Å². The van der Waals surface area contributed by atoms with Crippen molar-refractivity contribution in [3.8, 4) is 0 Å². The molecule has 2 fully saturated rings. The normalized spacial score (nSPS) is 23.2. The van der Waals surface area contributed by atoms with Crippen LogP contribution in [-0.2, 0) is 19.8 Å². The number of nitrogens with zero attached hydrogens (tertiary/aromatic N) is 3. The van der Waals surface area contributed by atoms with Crippen molar-refractivity contribution in [1.29, 1.82) is 0 Å². The van der Waals surface area contributed by atoms with Crippen molar-refractivity contribution in [2.24, 2.45) is 0 Å². The summed E-state index contributed by atoms with van der Waals surface area (Å²) in [4.78, 5) is 39.5. The fourth-order valence-corrected chi connectivity index (χ4v) is 6.29. The second-order valence-electron chi connectivity index (χ2n) is 8.70. The number of nitrogens with one attached hydrogen (secondary N) is 2. The van der Waals surface area contributed by atoms with Crippen LogP contribution in [0.2, 0.25) is 0 Å². The lowest BCUT2D eigenvalue weighted by atomic mass is 10.1. The summed E-state index contributed by atoms with van der Waals surface area (Å²) in [5.74, 6) is -0.846. The van der Waals surface area contributed by atoms with Crippen LogP contribution in [0.4, 0.5) is 5.69 Å². The minimum atomic E-state index is -3.50. The Hall–Kier alpha value is -2.50. The van der Waals surface area contributed by atoms with Crippen molar-refractivity contribution < 1.29 is 22.8 Å². The molecule has 0 bridgehead atoms. The molecule has 1 unspecified atom stereocenters. The number of rotatable bonds is 5. The van der Waals surface area contributed by atoms with Crippen LogP contribution in [0.25, 0.3) is 0 Å². The molecule has 180 valence electrons. The van der Waals surface area contributed by atoms with Gasteiger partial charge in [-0.25, -0.2) is 0 Å². The van der Waals surface area contributed by atoms with E-state index in [2.05, 4.69) is 10.6 Å². The first-order chi connectivity index (χ1) is 15.9. The Bertz CT molecular complexity index is 1010. The summed E-state index contributed by atoms with van der Waals surface area (Å²) in [7, 11) is -3.50. The van der Waals surface area contributed by atoms with Crippen molar-refractivity contribution >= 4 is 33.6 Å². The number of amides is 3. The van der Waals surface area contributed by atoms with E-state index in [0.717, 1.165) is 19.3 Å². The van der Waals surface area contributed by atoms with Gasteiger partial charge in [0.05, 0.1) is 11.3 Å². The van der Waals surface area contributed by atoms with Gasteiger partial charge in [-0.3, -0.25) is 14.4 Å². The Labute approximate surface area is 194 Å². The highest BCUT2D eigenvalue weighted by atomic mass is 32.2. The zero-order valence-corrected chi connectivity index (χ0v) is 19.5. The summed E-state index contributed by atoms with van der Waals surface area (Å²) < 4.78 is 29.0. The SMILES string of the molecule is O=C1NC(CCC(=O)N2CCCN(S(=O)(=O)N3CCCCC3)CC2)C(=O)Nc2ccccc21. The molecule has 0 aromatic heterocycles. The maximum Gasteiger partial charge on any atom is 0.282 e. The quantitative estimate of drug-likeness (QED) is 0.650. The summed E-state index contributed by atoms with van der Waals surface area (Å²) in [5.41, 5.74) is 0.846. The van der Waals surface area contributed by atoms with Gasteiger partial charge in [-0.2, -0.15) is 17.0 Å². The number of anilines is 1. The Kier molecular flexibility index (Phi) is 7.30. The molecule has 1 aromatic rings. The molecular weight excluding hydrogens is 446 g/mol. The van der Waals surface area contributed by atoms with Gasteiger partial charge < -0.3 is 15.5 Å². The third kappa shape index (κ3) is 5.36. The van der Waals surface area contributed by atoms with Crippen LogP contribution < -0.4 is 10.6 Å². The van der Waals surface area contributed by atoms with Gasteiger partial charge in [0.25, 0.3) is 16.1 Å². The fraction of sp³-hybridized carbons (Fsp3) is 0.591. The molecule has 2 N–H and O–H groups in total. The first-order valence-corrected chi connectivity index (χ1v) is 13.0. The minimum absolute atomic E-state index is 0.0909. The molecule has 3 heterocycles. The number of carbonyl (C=O) groups excluding carboxylic acids is 3. The molecule has 33 heavy (non-hydrogen) atoms. The summed E-state index contributed by atoms with van der Waals surface area (Å²) in [6.45, 7) is 2.56. The Morgan fingerprint density at radius 3 is 2.39 bits per heavy atom. The van der Waals surface area contributed by atoms with E-state index in [4.69, 9.17) is 0 Å². The van der Waals surface area contributed by atoms with Crippen molar-refractivity contribution in [3.05, 3.63) is 29.8 Å². The van der Waals surface area contributed by atoms with Gasteiger partial charge in [-0.15, -0.1) is 0 Å². The summed E-state index contributed by atoms with van der Waals surface area (Å²) in [6.07, 6.45) is 3.65. The summed E-state index contributed by atoms with van der Waals surface area (Å²) in [6, 6.07) is 5.96. The third-order valence-electron chi connectivity index (χ3n) is 6.47. The van der Waals surface area contributed by atoms with Gasteiger partial charge in [-0.05, 0) is 37.8 Å². The maximum atomic E-state index is 13.0. The number of piperidine rings is 1. The topological polar surface area (TPSA) is 119 Å². The molecular formula is C22H31N5O5S.